The van der Waals surface area contributed by atoms with Crippen LogP contribution in [-0.2, 0) is 9.59 Å². The molecule has 0 radical (unpaired) electrons. The topological polar surface area (TPSA) is 76.1 Å². The number of ether oxygens (including phenoxy) is 2. The summed E-state index contributed by atoms with van der Waals surface area (Å²) in [5.41, 5.74) is 2.84. The lowest BCUT2D eigenvalue weighted by Crippen LogP contribution is -2.29. The van der Waals surface area contributed by atoms with Crippen molar-refractivity contribution >= 4 is 23.1 Å². The monoisotopic (exact) mass is 461 g/mol. The van der Waals surface area contributed by atoms with E-state index < -0.39 is 29.3 Å². The lowest BCUT2D eigenvalue weighted by atomic mass is 9.94. The third-order valence-corrected chi connectivity index (χ3v) is 6.04. The Morgan fingerprint density at radius 1 is 0.941 bits per heavy atom. The lowest BCUT2D eigenvalue weighted by Gasteiger charge is -2.26. The van der Waals surface area contributed by atoms with E-state index in [9.17, 15) is 19.1 Å². The summed E-state index contributed by atoms with van der Waals surface area (Å²) in [7, 11) is 2.88. The summed E-state index contributed by atoms with van der Waals surface area (Å²) in [6, 6.07) is 15.0. The zero-order valence-electron chi connectivity index (χ0n) is 19.3. The van der Waals surface area contributed by atoms with Crippen LogP contribution in [0.25, 0.3) is 5.76 Å². The highest BCUT2D eigenvalue weighted by molar-refractivity contribution is 6.51. The molecule has 1 atom stereocenters. The fourth-order valence-corrected chi connectivity index (χ4v) is 4.11. The number of benzene rings is 3. The summed E-state index contributed by atoms with van der Waals surface area (Å²) in [6.07, 6.45) is 0. The number of rotatable bonds is 5. The van der Waals surface area contributed by atoms with Gasteiger partial charge in [-0.1, -0.05) is 18.2 Å². The molecule has 174 valence electrons. The summed E-state index contributed by atoms with van der Waals surface area (Å²) >= 11 is 0. The number of aliphatic hydroxyl groups is 1. The molecule has 3 aromatic rings. The summed E-state index contributed by atoms with van der Waals surface area (Å²) in [4.78, 5) is 28.0. The first-order valence-corrected chi connectivity index (χ1v) is 10.6. The molecule has 0 spiro atoms. The molecule has 0 aliphatic carbocycles. The third kappa shape index (κ3) is 3.90. The van der Waals surface area contributed by atoms with E-state index in [1.807, 2.05) is 26.0 Å². The quantitative estimate of drug-likeness (QED) is 0.326. The minimum absolute atomic E-state index is 0.0199. The molecule has 1 N–H and O–H groups in total. The Morgan fingerprint density at radius 3 is 2.38 bits per heavy atom. The highest BCUT2D eigenvalue weighted by atomic mass is 19.1. The van der Waals surface area contributed by atoms with Crippen LogP contribution in [0.5, 0.6) is 11.5 Å². The molecule has 6 nitrogen and oxygen atoms in total. The highest BCUT2D eigenvalue weighted by Gasteiger charge is 2.47. The molecule has 1 unspecified atom stereocenters. The number of aryl methyl sites for hydroxylation is 2. The maximum Gasteiger partial charge on any atom is 0.300 e. The molecule has 0 aromatic heterocycles. The summed E-state index contributed by atoms with van der Waals surface area (Å²) in [5, 5.41) is 11.3. The second-order valence-electron chi connectivity index (χ2n) is 8.06. The van der Waals surface area contributed by atoms with Crippen LogP contribution in [0.3, 0.4) is 0 Å². The van der Waals surface area contributed by atoms with Gasteiger partial charge in [0.05, 0.1) is 31.4 Å². The van der Waals surface area contributed by atoms with Crippen LogP contribution in [0, 0.1) is 19.7 Å². The number of amides is 1. The number of methoxy groups -OCH3 is 2. The summed E-state index contributed by atoms with van der Waals surface area (Å²) in [6.45, 7) is 3.86. The Labute approximate surface area is 196 Å². The number of carbonyl (C=O) groups is 2. The van der Waals surface area contributed by atoms with E-state index in [1.54, 1.807) is 30.3 Å². The Bertz CT molecular complexity index is 1330. The summed E-state index contributed by atoms with van der Waals surface area (Å²) in [5.74, 6) is -2.13. The molecule has 7 heteroatoms. The minimum Gasteiger partial charge on any atom is -0.507 e. The average Bonchev–Trinajstić information content (AvgIpc) is 3.10. The Kier molecular flexibility index (Phi) is 6.11. The molecular weight excluding hydrogens is 437 g/mol. The number of nitrogens with zero attached hydrogens (tertiary/aromatic N) is 1. The lowest BCUT2D eigenvalue weighted by molar-refractivity contribution is -0.132. The smallest absolute Gasteiger partial charge is 0.300 e. The first-order valence-electron chi connectivity index (χ1n) is 10.6. The first kappa shape index (κ1) is 23.0. The Balaban J connectivity index is 2.01. The van der Waals surface area contributed by atoms with Gasteiger partial charge >= 0.3 is 0 Å². The van der Waals surface area contributed by atoms with Gasteiger partial charge in [-0.2, -0.15) is 0 Å². The van der Waals surface area contributed by atoms with Crippen molar-refractivity contribution in [3.8, 4) is 11.5 Å². The molecule has 0 bridgehead atoms. The van der Waals surface area contributed by atoms with Crippen molar-refractivity contribution in [1.29, 1.82) is 0 Å². The largest absolute Gasteiger partial charge is 0.507 e. The molecule has 4 rings (SSSR count). The maximum atomic E-state index is 14.1. The van der Waals surface area contributed by atoms with Crippen LogP contribution in [0.2, 0.25) is 0 Å². The van der Waals surface area contributed by atoms with Gasteiger partial charge in [0.2, 0.25) is 0 Å². The average molecular weight is 461 g/mol. The van der Waals surface area contributed by atoms with Crippen molar-refractivity contribution in [3.63, 3.8) is 0 Å². The molecule has 1 heterocycles. The van der Waals surface area contributed by atoms with E-state index in [0.29, 0.717) is 17.0 Å². The van der Waals surface area contributed by atoms with Gasteiger partial charge in [0, 0.05) is 5.69 Å². The van der Waals surface area contributed by atoms with Crippen LogP contribution in [-0.4, -0.2) is 31.0 Å². The van der Waals surface area contributed by atoms with Crippen molar-refractivity contribution in [1.82, 2.24) is 0 Å². The molecule has 1 aliphatic rings. The van der Waals surface area contributed by atoms with E-state index in [2.05, 4.69) is 0 Å². The number of halogens is 1. The Hall–Kier alpha value is -4.13. The number of carbonyl (C=O) groups excluding carboxylic acids is 2. The number of ketones is 1. The van der Waals surface area contributed by atoms with E-state index in [0.717, 1.165) is 17.2 Å². The molecule has 1 saturated heterocycles. The molecule has 1 amide bonds. The van der Waals surface area contributed by atoms with Crippen molar-refractivity contribution in [2.75, 3.05) is 19.1 Å². The zero-order chi connectivity index (χ0) is 24.6. The minimum atomic E-state index is -0.967. The fraction of sp³-hybridized carbons (Fsp3) is 0.185. The van der Waals surface area contributed by atoms with E-state index >= 15 is 0 Å². The number of aliphatic hydroxyl groups excluding tert-OH is 1. The number of Topliss-reactive ketones (excluding diaryl/α,β-unsaturated/α-hetero) is 1. The predicted octanol–water partition coefficient (Wildman–Crippen LogP) is 5.09. The van der Waals surface area contributed by atoms with Gasteiger partial charge in [-0.15, -0.1) is 0 Å². The molecule has 34 heavy (non-hydrogen) atoms. The standard InChI is InChI=1S/C27H24FNO5/c1-15-8-10-19(12-16(15)2)29-24(17-6-5-7-20(13-17)33-3)23(26(31)27(29)32)25(30)21-14-18(28)9-11-22(21)34-4/h5-14,24,30H,1-4H3/b25-23+. The van der Waals surface area contributed by atoms with Gasteiger partial charge in [-0.25, -0.2) is 4.39 Å². The van der Waals surface area contributed by atoms with E-state index in [-0.39, 0.29) is 16.9 Å². The van der Waals surface area contributed by atoms with Crippen LogP contribution in [0.1, 0.15) is 28.3 Å². The van der Waals surface area contributed by atoms with Crippen molar-refractivity contribution in [3.05, 3.63) is 94.3 Å². The highest BCUT2D eigenvalue weighted by Crippen LogP contribution is 2.44. The van der Waals surface area contributed by atoms with Crippen molar-refractivity contribution < 1.29 is 28.6 Å². The fourth-order valence-electron chi connectivity index (χ4n) is 4.11. The second-order valence-corrected chi connectivity index (χ2v) is 8.06. The van der Waals surface area contributed by atoms with E-state index in [4.69, 9.17) is 9.47 Å². The maximum absolute atomic E-state index is 14.1. The van der Waals surface area contributed by atoms with Crippen molar-refractivity contribution in [2.45, 2.75) is 19.9 Å². The van der Waals surface area contributed by atoms with Gasteiger partial charge in [-0.3, -0.25) is 14.5 Å². The summed E-state index contributed by atoms with van der Waals surface area (Å²) < 4.78 is 24.7. The Morgan fingerprint density at radius 2 is 1.71 bits per heavy atom. The van der Waals surface area contributed by atoms with Gasteiger partial charge in [0.25, 0.3) is 11.7 Å². The molecule has 3 aromatic carbocycles. The van der Waals surface area contributed by atoms with Crippen molar-refractivity contribution in [2.24, 2.45) is 0 Å². The van der Waals surface area contributed by atoms with Gasteiger partial charge in [0.15, 0.2) is 0 Å². The predicted molar refractivity (Wildman–Crippen MR) is 127 cm³/mol. The molecule has 0 saturated carbocycles. The number of hydrogen-bond acceptors (Lipinski definition) is 5. The van der Waals surface area contributed by atoms with Crippen LogP contribution < -0.4 is 14.4 Å². The van der Waals surface area contributed by atoms with Gasteiger partial charge in [0.1, 0.15) is 23.1 Å². The van der Waals surface area contributed by atoms with Crippen LogP contribution in [0.15, 0.2) is 66.2 Å². The molecule has 1 fully saturated rings. The van der Waals surface area contributed by atoms with Gasteiger partial charge < -0.3 is 14.6 Å². The molecular formula is C27H24FNO5. The second kappa shape index (κ2) is 9.02. The van der Waals surface area contributed by atoms with Crippen LogP contribution >= 0.6 is 0 Å². The normalized spacial score (nSPS) is 17.2. The number of anilines is 1. The first-order chi connectivity index (χ1) is 16.3. The van der Waals surface area contributed by atoms with E-state index in [1.165, 1.54) is 31.3 Å². The van der Waals surface area contributed by atoms with Crippen LogP contribution in [0.4, 0.5) is 10.1 Å². The number of hydrogen-bond donors (Lipinski definition) is 1. The zero-order valence-corrected chi connectivity index (χ0v) is 19.3. The SMILES string of the molecule is COc1cccc(C2/C(=C(\O)c3cc(F)ccc3OC)C(=O)C(=O)N2c2ccc(C)c(C)c2)c1. The third-order valence-electron chi connectivity index (χ3n) is 6.04. The molecule has 1 aliphatic heterocycles. The van der Waals surface area contributed by atoms with Gasteiger partial charge in [-0.05, 0) is 73.0 Å².